The van der Waals surface area contributed by atoms with Gasteiger partial charge in [0, 0.05) is 31.4 Å². The highest BCUT2D eigenvalue weighted by atomic mass is 16.2. The van der Waals surface area contributed by atoms with Crippen molar-refractivity contribution in [3.63, 3.8) is 0 Å². The quantitative estimate of drug-likeness (QED) is 0.888. The third-order valence-electron chi connectivity index (χ3n) is 3.99. The van der Waals surface area contributed by atoms with Gasteiger partial charge in [-0.3, -0.25) is 14.6 Å². The number of hydrogen-bond donors (Lipinski definition) is 1. The molecule has 5 heteroatoms. The number of nitrogens with one attached hydrogen (secondary N) is 1. The normalized spacial score (nSPS) is 10.3. The summed E-state index contributed by atoms with van der Waals surface area (Å²) in [4.78, 5) is 30.5. The lowest BCUT2D eigenvalue weighted by molar-refractivity contribution is 0.0773. The molecule has 0 aliphatic carbocycles. The van der Waals surface area contributed by atoms with Crippen LogP contribution >= 0.6 is 0 Å². The van der Waals surface area contributed by atoms with Crippen molar-refractivity contribution < 1.29 is 9.59 Å². The summed E-state index contributed by atoms with van der Waals surface area (Å²) >= 11 is 0. The summed E-state index contributed by atoms with van der Waals surface area (Å²) < 4.78 is 0. The number of benzene rings is 1. The number of aryl methyl sites for hydroxylation is 1. The van der Waals surface area contributed by atoms with Gasteiger partial charge < -0.3 is 10.2 Å². The van der Waals surface area contributed by atoms with Crippen LogP contribution in [0.4, 0.5) is 0 Å². The first-order valence-corrected chi connectivity index (χ1v) is 8.14. The Balaban J connectivity index is 2.09. The van der Waals surface area contributed by atoms with Gasteiger partial charge in [0.2, 0.25) is 0 Å². The molecule has 2 amide bonds. The van der Waals surface area contributed by atoms with Crippen molar-refractivity contribution in [2.75, 3.05) is 13.1 Å². The molecule has 2 aromatic rings. The van der Waals surface area contributed by atoms with Gasteiger partial charge in [-0.1, -0.05) is 24.3 Å². The molecule has 126 valence electrons. The molecule has 0 saturated carbocycles. The van der Waals surface area contributed by atoms with E-state index in [0.717, 1.165) is 11.1 Å². The van der Waals surface area contributed by atoms with Gasteiger partial charge >= 0.3 is 0 Å². The first-order chi connectivity index (χ1) is 11.6. The van der Waals surface area contributed by atoms with E-state index in [1.165, 1.54) is 6.20 Å². The van der Waals surface area contributed by atoms with Crippen molar-refractivity contribution in [2.45, 2.75) is 27.3 Å². The number of nitrogens with zero attached hydrogens (tertiary/aromatic N) is 2. The Bertz CT molecular complexity index is 724. The molecule has 0 aliphatic heterocycles. The fourth-order valence-corrected chi connectivity index (χ4v) is 2.46. The average Bonchev–Trinajstić information content (AvgIpc) is 2.62. The van der Waals surface area contributed by atoms with E-state index in [9.17, 15) is 9.59 Å². The highest BCUT2D eigenvalue weighted by Gasteiger charge is 2.15. The number of hydrogen-bond acceptors (Lipinski definition) is 3. The second kappa shape index (κ2) is 8.24. The lowest BCUT2D eigenvalue weighted by atomic mass is 10.1. The molecule has 0 aliphatic rings. The van der Waals surface area contributed by atoms with E-state index in [0.29, 0.717) is 25.2 Å². The fourth-order valence-electron chi connectivity index (χ4n) is 2.46. The summed E-state index contributed by atoms with van der Waals surface area (Å²) in [6.45, 7) is 7.56. The van der Waals surface area contributed by atoms with E-state index in [-0.39, 0.29) is 17.5 Å². The van der Waals surface area contributed by atoms with Gasteiger partial charge in [0.1, 0.15) is 5.69 Å². The fraction of sp³-hybridized carbons (Fsp3) is 0.316. The molecule has 0 atom stereocenters. The summed E-state index contributed by atoms with van der Waals surface area (Å²) in [6, 6.07) is 11.1. The van der Waals surface area contributed by atoms with Gasteiger partial charge in [0.05, 0.1) is 0 Å². The molecule has 0 radical (unpaired) electrons. The van der Waals surface area contributed by atoms with Crippen LogP contribution in [0.25, 0.3) is 0 Å². The van der Waals surface area contributed by atoms with Gasteiger partial charge in [-0.05, 0) is 44.0 Å². The zero-order chi connectivity index (χ0) is 17.5. The molecule has 1 aromatic heterocycles. The second-order valence-corrected chi connectivity index (χ2v) is 5.52. The SMILES string of the molecule is CCN(CC)C(=O)c1ccnc(C(=O)NCc2ccccc2C)c1. The van der Waals surface area contributed by atoms with E-state index in [1.54, 1.807) is 17.0 Å². The number of aromatic nitrogens is 1. The van der Waals surface area contributed by atoms with Crippen molar-refractivity contribution in [1.82, 2.24) is 15.2 Å². The molecule has 1 heterocycles. The predicted octanol–water partition coefficient (Wildman–Crippen LogP) is 2.80. The molecule has 1 N–H and O–H groups in total. The maximum Gasteiger partial charge on any atom is 0.270 e. The monoisotopic (exact) mass is 325 g/mol. The molecule has 0 bridgehead atoms. The molecular formula is C19H23N3O2. The van der Waals surface area contributed by atoms with E-state index in [1.807, 2.05) is 45.0 Å². The molecule has 0 unspecified atom stereocenters. The molecule has 1 aromatic carbocycles. The Morgan fingerprint density at radius 3 is 2.50 bits per heavy atom. The maximum atomic E-state index is 12.4. The number of pyridine rings is 1. The first-order valence-electron chi connectivity index (χ1n) is 8.14. The van der Waals surface area contributed by atoms with E-state index in [2.05, 4.69) is 10.3 Å². The van der Waals surface area contributed by atoms with Crippen LogP contribution in [0.5, 0.6) is 0 Å². The maximum absolute atomic E-state index is 12.4. The molecule has 2 rings (SSSR count). The van der Waals surface area contributed by atoms with Crippen molar-refractivity contribution in [2.24, 2.45) is 0 Å². The van der Waals surface area contributed by atoms with Gasteiger partial charge in [-0.2, -0.15) is 0 Å². The van der Waals surface area contributed by atoms with Crippen LogP contribution in [-0.4, -0.2) is 34.8 Å². The molecule has 0 spiro atoms. The van der Waals surface area contributed by atoms with Crippen molar-refractivity contribution in [3.8, 4) is 0 Å². The Morgan fingerprint density at radius 2 is 1.83 bits per heavy atom. The van der Waals surface area contributed by atoms with Crippen molar-refractivity contribution >= 4 is 11.8 Å². The van der Waals surface area contributed by atoms with Crippen LogP contribution in [0.1, 0.15) is 45.8 Å². The molecule has 24 heavy (non-hydrogen) atoms. The van der Waals surface area contributed by atoms with Gasteiger partial charge in [-0.15, -0.1) is 0 Å². The van der Waals surface area contributed by atoms with Crippen LogP contribution in [0.3, 0.4) is 0 Å². The zero-order valence-electron chi connectivity index (χ0n) is 14.4. The van der Waals surface area contributed by atoms with Crippen LogP contribution < -0.4 is 5.32 Å². The number of carbonyl (C=O) groups excluding carboxylic acids is 2. The van der Waals surface area contributed by atoms with Crippen molar-refractivity contribution in [3.05, 3.63) is 65.0 Å². The summed E-state index contributed by atoms with van der Waals surface area (Å²) in [5.74, 6) is -0.372. The number of amides is 2. The lowest BCUT2D eigenvalue weighted by Gasteiger charge is -2.18. The van der Waals surface area contributed by atoms with Crippen LogP contribution in [0.2, 0.25) is 0 Å². The summed E-state index contributed by atoms with van der Waals surface area (Å²) in [6.07, 6.45) is 1.50. The third-order valence-corrected chi connectivity index (χ3v) is 3.99. The van der Waals surface area contributed by atoms with E-state index in [4.69, 9.17) is 0 Å². The van der Waals surface area contributed by atoms with Gasteiger partial charge in [0.15, 0.2) is 0 Å². The standard InChI is InChI=1S/C19H23N3O2/c1-4-22(5-2)19(24)15-10-11-20-17(12-15)18(23)21-13-16-9-7-6-8-14(16)3/h6-12H,4-5,13H2,1-3H3,(H,21,23). The summed E-state index contributed by atoms with van der Waals surface area (Å²) in [5.41, 5.74) is 2.91. The highest BCUT2D eigenvalue weighted by Crippen LogP contribution is 2.09. The summed E-state index contributed by atoms with van der Waals surface area (Å²) in [5, 5.41) is 2.85. The van der Waals surface area contributed by atoms with Crippen LogP contribution in [0, 0.1) is 6.92 Å². The van der Waals surface area contributed by atoms with Crippen LogP contribution in [0.15, 0.2) is 42.6 Å². The highest BCUT2D eigenvalue weighted by molar-refractivity contribution is 5.98. The minimum atomic E-state index is -0.285. The molecule has 0 saturated heterocycles. The minimum absolute atomic E-state index is 0.0876. The first kappa shape index (κ1) is 17.7. The number of carbonyl (C=O) groups is 2. The minimum Gasteiger partial charge on any atom is -0.347 e. The summed E-state index contributed by atoms with van der Waals surface area (Å²) in [7, 11) is 0. The van der Waals surface area contributed by atoms with Gasteiger partial charge in [-0.25, -0.2) is 0 Å². The van der Waals surface area contributed by atoms with Crippen LogP contribution in [-0.2, 0) is 6.54 Å². The van der Waals surface area contributed by atoms with Crippen molar-refractivity contribution in [1.29, 1.82) is 0 Å². The second-order valence-electron chi connectivity index (χ2n) is 5.52. The number of rotatable bonds is 6. The molecule has 5 nitrogen and oxygen atoms in total. The van der Waals surface area contributed by atoms with Gasteiger partial charge in [0.25, 0.3) is 11.8 Å². The predicted molar refractivity (Wildman–Crippen MR) is 93.8 cm³/mol. The molecule has 0 fully saturated rings. The van der Waals surface area contributed by atoms with E-state index >= 15 is 0 Å². The Kier molecular flexibility index (Phi) is 6.07. The average molecular weight is 325 g/mol. The zero-order valence-corrected chi connectivity index (χ0v) is 14.4. The third kappa shape index (κ3) is 4.19. The largest absolute Gasteiger partial charge is 0.347 e. The van der Waals surface area contributed by atoms with E-state index < -0.39 is 0 Å². The topological polar surface area (TPSA) is 62.3 Å². The Morgan fingerprint density at radius 1 is 1.12 bits per heavy atom. The Hall–Kier alpha value is -2.69. The smallest absolute Gasteiger partial charge is 0.270 e. The Labute approximate surface area is 142 Å². The molecular weight excluding hydrogens is 302 g/mol. The lowest BCUT2D eigenvalue weighted by Crippen LogP contribution is -2.31.